The molecule has 4 heteroatoms. The van der Waals surface area contributed by atoms with Crippen LogP contribution in [0.1, 0.15) is 37.4 Å². The van der Waals surface area contributed by atoms with E-state index >= 15 is 0 Å². The third-order valence-corrected chi connectivity index (χ3v) is 2.01. The molecule has 0 aliphatic rings. The number of nitrogens with zero attached hydrogens (tertiary/aromatic N) is 3. The summed E-state index contributed by atoms with van der Waals surface area (Å²) in [5.41, 5.74) is 6.51. The molecule has 4 nitrogen and oxygen atoms in total. The zero-order valence-corrected chi connectivity index (χ0v) is 8.15. The predicted octanol–water partition coefficient (Wildman–Crippen LogP) is 1.30. The van der Waals surface area contributed by atoms with E-state index in [0.717, 1.165) is 11.5 Å². The first kappa shape index (κ1) is 9.75. The SMILES string of the molecule is Cc1nc([C@@H](C)N)cn1C(C)C#N. The van der Waals surface area contributed by atoms with Crippen LogP contribution in [0.25, 0.3) is 0 Å². The van der Waals surface area contributed by atoms with Gasteiger partial charge in [0.15, 0.2) is 0 Å². The van der Waals surface area contributed by atoms with Crippen LogP contribution < -0.4 is 5.73 Å². The van der Waals surface area contributed by atoms with Gasteiger partial charge in [-0.3, -0.25) is 0 Å². The lowest BCUT2D eigenvalue weighted by Crippen LogP contribution is -2.05. The molecule has 0 radical (unpaired) electrons. The van der Waals surface area contributed by atoms with E-state index < -0.39 is 0 Å². The number of hydrogen-bond acceptors (Lipinski definition) is 3. The lowest BCUT2D eigenvalue weighted by molar-refractivity contribution is 0.649. The molecule has 2 N–H and O–H groups in total. The fourth-order valence-corrected chi connectivity index (χ4v) is 1.18. The average Bonchev–Trinajstić information content (AvgIpc) is 2.46. The van der Waals surface area contributed by atoms with Gasteiger partial charge in [-0.15, -0.1) is 0 Å². The minimum absolute atomic E-state index is 0.0779. The molecule has 0 fully saturated rings. The largest absolute Gasteiger partial charge is 0.323 e. The molecule has 1 unspecified atom stereocenters. The highest BCUT2D eigenvalue weighted by atomic mass is 15.1. The van der Waals surface area contributed by atoms with Gasteiger partial charge in [0.05, 0.1) is 11.8 Å². The van der Waals surface area contributed by atoms with E-state index in [1.807, 2.05) is 31.5 Å². The van der Waals surface area contributed by atoms with Crippen molar-refractivity contribution in [3.05, 3.63) is 17.7 Å². The Morgan fingerprint density at radius 2 is 2.23 bits per heavy atom. The van der Waals surface area contributed by atoms with E-state index in [-0.39, 0.29) is 12.1 Å². The first-order chi connectivity index (χ1) is 6.06. The van der Waals surface area contributed by atoms with Crippen LogP contribution in [0.3, 0.4) is 0 Å². The van der Waals surface area contributed by atoms with Crippen molar-refractivity contribution in [3.8, 4) is 6.07 Å². The number of aryl methyl sites for hydroxylation is 1. The minimum atomic E-state index is -0.181. The van der Waals surface area contributed by atoms with Crippen molar-refractivity contribution in [2.75, 3.05) is 0 Å². The van der Waals surface area contributed by atoms with E-state index in [4.69, 9.17) is 11.0 Å². The Morgan fingerprint density at radius 1 is 1.62 bits per heavy atom. The molecule has 0 amide bonds. The second-order valence-electron chi connectivity index (χ2n) is 3.21. The Hall–Kier alpha value is -1.34. The minimum Gasteiger partial charge on any atom is -0.323 e. The number of hydrogen-bond donors (Lipinski definition) is 1. The van der Waals surface area contributed by atoms with Crippen LogP contribution in [0, 0.1) is 18.3 Å². The molecular weight excluding hydrogens is 164 g/mol. The maximum absolute atomic E-state index is 8.73. The normalized spacial score (nSPS) is 15.0. The third kappa shape index (κ3) is 1.87. The summed E-state index contributed by atoms with van der Waals surface area (Å²) in [6.45, 7) is 5.59. The number of nitriles is 1. The van der Waals surface area contributed by atoms with Gasteiger partial charge < -0.3 is 10.3 Å². The van der Waals surface area contributed by atoms with Gasteiger partial charge in [-0.25, -0.2) is 4.98 Å². The van der Waals surface area contributed by atoms with Crippen LogP contribution >= 0.6 is 0 Å². The molecule has 1 aromatic heterocycles. The summed E-state index contributed by atoms with van der Waals surface area (Å²) in [5, 5.41) is 8.73. The van der Waals surface area contributed by atoms with Crippen molar-refractivity contribution >= 4 is 0 Å². The Morgan fingerprint density at radius 3 is 2.62 bits per heavy atom. The molecule has 0 aliphatic heterocycles. The highest BCUT2D eigenvalue weighted by Gasteiger charge is 2.11. The molecule has 0 saturated carbocycles. The van der Waals surface area contributed by atoms with Crippen molar-refractivity contribution < 1.29 is 0 Å². The third-order valence-electron chi connectivity index (χ3n) is 2.01. The topological polar surface area (TPSA) is 67.6 Å². The highest BCUT2D eigenvalue weighted by molar-refractivity contribution is 5.09. The summed E-state index contributed by atoms with van der Waals surface area (Å²) < 4.78 is 1.83. The van der Waals surface area contributed by atoms with Crippen molar-refractivity contribution in [1.82, 2.24) is 9.55 Å². The molecule has 1 rings (SSSR count). The zero-order valence-electron chi connectivity index (χ0n) is 8.15. The Labute approximate surface area is 78.0 Å². The van der Waals surface area contributed by atoms with Gasteiger partial charge in [-0.05, 0) is 20.8 Å². The average molecular weight is 178 g/mol. The lowest BCUT2D eigenvalue weighted by atomic mass is 10.3. The molecule has 2 atom stereocenters. The van der Waals surface area contributed by atoms with Crippen LogP contribution in [0.2, 0.25) is 0 Å². The van der Waals surface area contributed by atoms with Gasteiger partial charge in [-0.2, -0.15) is 5.26 Å². The van der Waals surface area contributed by atoms with Crippen LogP contribution in [-0.4, -0.2) is 9.55 Å². The van der Waals surface area contributed by atoms with Gasteiger partial charge in [0.1, 0.15) is 11.9 Å². The maximum atomic E-state index is 8.73. The Kier molecular flexibility index (Phi) is 2.69. The Balaban J connectivity index is 3.04. The van der Waals surface area contributed by atoms with Crippen LogP contribution in [0.5, 0.6) is 0 Å². The summed E-state index contributed by atoms with van der Waals surface area (Å²) >= 11 is 0. The second-order valence-corrected chi connectivity index (χ2v) is 3.21. The fourth-order valence-electron chi connectivity index (χ4n) is 1.18. The van der Waals surface area contributed by atoms with E-state index in [1.54, 1.807) is 0 Å². The predicted molar refractivity (Wildman–Crippen MR) is 49.9 cm³/mol. The van der Waals surface area contributed by atoms with Crippen molar-refractivity contribution in [2.45, 2.75) is 32.9 Å². The monoisotopic (exact) mass is 178 g/mol. The van der Waals surface area contributed by atoms with E-state index in [2.05, 4.69) is 11.1 Å². The number of imidazole rings is 1. The number of nitrogens with two attached hydrogens (primary N) is 1. The van der Waals surface area contributed by atoms with E-state index in [0.29, 0.717) is 0 Å². The second kappa shape index (κ2) is 3.58. The molecule has 1 heterocycles. The summed E-state index contributed by atoms with van der Waals surface area (Å²) in [7, 11) is 0. The van der Waals surface area contributed by atoms with E-state index in [1.165, 1.54) is 0 Å². The smallest absolute Gasteiger partial charge is 0.119 e. The highest BCUT2D eigenvalue weighted by Crippen LogP contribution is 2.13. The van der Waals surface area contributed by atoms with Crippen LogP contribution in [0.4, 0.5) is 0 Å². The maximum Gasteiger partial charge on any atom is 0.119 e. The van der Waals surface area contributed by atoms with Gasteiger partial charge in [0, 0.05) is 12.2 Å². The zero-order chi connectivity index (χ0) is 10.0. The van der Waals surface area contributed by atoms with Crippen LogP contribution in [-0.2, 0) is 0 Å². The number of aromatic nitrogens is 2. The summed E-state index contributed by atoms with van der Waals surface area (Å²) in [6.07, 6.45) is 1.84. The molecule has 0 spiro atoms. The molecule has 1 aromatic rings. The quantitative estimate of drug-likeness (QED) is 0.742. The lowest BCUT2D eigenvalue weighted by Gasteiger charge is -2.04. The molecular formula is C9H14N4. The molecule has 0 aromatic carbocycles. The first-order valence-electron chi connectivity index (χ1n) is 4.26. The molecule has 70 valence electrons. The summed E-state index contributed by atoms with van der Waals surface area (Å²) in [5.74, 6) is 0.835. The van der Waals surface area contributed by atoms with Crippen molar-refractivity contribution in [2.24, 2.45) is 5.73 Å². The van der Waals surface area contributed by atoms with Crippen molar-refractivity contribution in [1.29, 1.82) is 5.26 Å². The van der Waals surface area contributed by atoms with Gasteiger partial charge in [-0.1, -0.05) is 0 Å². The van der Waals surface area contributed by atoms with Crippen molar-refractivity contribution in [3.63, 3.8) is 0 Å². The fraction of sp³-hybridized carbons (Fsp3) is 0.556. The van der Waals surface area contributed by atoms with Gasteiger partial charge >= 0.3 is 0 Å². The standard InChI is InChI=1S/C9H14N4/c1-6(4-10)13-5-9(7(2)11)12-8(13)3/h5-7H,11H2,1-3H3/t6?,7-/m1/s1. The summed E-state index contributed by atoms with van der Waals surface area (Å²) in [6, 6.07) is 1.90. The van der Waals surface area contributed by atoms with E-state index in [9.17, 15) is 0 Å². The number of rotatable bonds is 2. The molecule has 13 heavy (non-hydrogen) atoms. The first-order valence-corrected chi connectivity index (χ1v) is 4.26. The van der Waals surface area contributed by atoms with Gasteiger partial charge in [0.2, 0.25) is 0 Å². The molecule has 0 bridgehead atoms. The molecule has 0 saturated heterocycles. The summed E-state index contributed by atoms with van der Waals surface area (Å²) in [4.78, 5) is 4.27. The van der Waals surface area contributed by atoms with Gasteiger partial charge in [0.25, 0.3) is 0 Å². The molecule has 0 aliphatic carbocycles. The Bertz CT molecular complexity index is 332. The van der Waals surface area contributed by atoms with Crippen LogP contribution in [0.15, 0.2) is 6.20 Å².